The largest absolute Gasteiger partial charge is 0.480 e. The number of hydrogen-bond donors (Lipinski definition) is 2. The molecule has 6 nitrogen and oxygen atoms in total. The molecule has 0 fully saturated rings. The van der Waals surface area contributed by atoms with E-state index in [1.807, 2.05) is 0 Å². The van der Waals surface area contributed by atoms with Crippen molar-refractivity contribution in [3.8, 4) is 0 Å². The summed E-state index contributed by atoms with van der Waals surface area (Å²) >= 11 is 0. The smallest absolute Gasteiger partial charge is 0.329 e. The van der Waals surface area contributed by atoms with Gasteiger partial charge in [0.25, 0.3) is 5.91 Å². The molecule has 2 amide bonds. The van der Waals surface area contributed by atoms with E-state index in [0.717, 1.165) is 0 Å². The lowest BCUT2D eigenvalue weighted by atomic mass is 9.98. The molecule has 0 saturated heterocycles. The average molecular weight is 292 g/mol. The molecule has 0 aliphatic rings. The summed E-state index contributed by atoms with van der Waals surface area (Å²) in [5.41, 5.74) is -0.651. The van der Waals surface area contributed by atoms with Crippen molar-refractivity contribution in [2.75, 3.05) is 11.9 Å². The molecule has 1 atom stereocenters. The van der Waals surface area contributed by atoms with E-state index in [0.29, 0.717) is 5.69 Å². The highest BCUT2D eigenvalue weighted by Crippen LogP contribution is 2.21. The van der Waals surface area contributed by atoms with E-state index in [-0.39, 0.29) is 17.9 Å². The Morgan fingerprint density at radius 2 is 1.86 bits per heavy atom. The van der Waals surface area contributed by atoms with E-state index in [9.17, 15) is 19.5 Å². The Bertz CT molecular complexity index is 571. The second-order valence-corrected chi connectivity index (χ2v) is 5.04. The molecule has 1 rings (SSSR count). The maximum absolute atomic E-state index is 12.4. The second-order valence-electron chi connectivity index (χ2n) is 5.04. The van der Waals surface area contributed by atoms with Gasteiger partial charge >= 0.3 is 5.97 Å². The molecule has 6 heteroatoms. The van der Waals surface area contributed by atoms with Crippen LogP contribution in [-0.2, 0) is 9.59 Å². The summed E-state index contributed by atoms with van der Waals surface area (Å²) < 4.78 is 0. The fourth-order valence-electron chi connectivity index (χ4n) is 1.74. The Labute approximate surface area is 123 Å². The lowest BCUT2D eigenvalue weighted by Crippen LogP contribution is -2.51. The normalized spacial score (nSPS) is 13.1. The third-order valence-corrected chi connectivity index (χ3v) is 3.55. The van der Waals surface area contributed by atoms with Crippen LogP contribution < -0.4 is 10.2 Å². The van der Waals surface area contributed by atoms with E-state index in [1.165, 1.54) is 18.7 Å². The Morgan fingerprint density at radius 1 is 1.29 bits per heavy atom. The zero-order valence-corrected chi connectivity index (χ0v) is 12.6. The van der Waals surface area contributed by atoms with Gasteiger partial charge in [0.15, 0.2) is 0 Å². The van der Waals surface area contributed by atoms with Crippen molar-refractivity contribution in [1.82, 2.24) is 5.32 Å². The topological polar surface area (TPSA) is 86.7 Å². The molecule has 0 aliphatic carbocycles. The summed E-state index contributed by atoms with van der Waals surface area (Å²) in [6.45, 7) is 4.52. The van der Waals surface area contributed by atoms with Gasteiger partial charge < -0.3 is 15.3 Å². The zero-order valence-electron chi connectivity index (χ0n) is 12.6. The molecular weight excluding hydrogens is 272 g/mol. The van der Waals surface area contributed by atoms with Crippen LogP contribution in [0.1, 0.15) is 37.6 Å². The van der Waals surface area contributed by atoms with Gasteiger partial charge in [0, 0.05) is 14.0 Å². The number of carboxylic acids is 1. The van der Waals surface area contributed by atoms with E-state index in [4.69, 9.17) is 0 Å². The monoisotopic (exact) mass is 292 g/mol. The van der Waals surface area contributed by atoms with Gasteiger partial charge in [-0.15, -0.1) is 0 Å². The quantitative estimate of drug-likeness (QED) is 0.864. The van der Waals surface area contributed by atoms with Crippen LogP contribution in [0.3, 0.4) is 0 Å². The van der Waals surface area contributed by atoms with Crippen LogP contribution in [0.15, 0.2) is 24.3 Å². The van der Waals surface area contributed by atoms with Crippen LogP contribution in [0, 0.1) is 0 Å². The standard InChI is InChI=1S/C15H20N2O4/c1-5-15(3,14(20)21)16-13(19)11-8-6-7-9-12(11)17(4)10(2)18/h6-9H,5H2,1-4H3,(H,16,19)(H,20,21). The molecular formula is C15H20N2O4. The summed E-state index contributed by atoms with van der Waals surface area (Å²) in [7, 11) is 1.56. The lowest BCUT2D eigenvalue weighted by molar-refractivity contribution is -0.143. The Morgan fingerprint density at radius 3 is 2.33 bits per heavy atom. The molecule has 1 aromatic rings. The average Bonchev–Trinajstić information content (AvgIpc) is 2.45. The van der Waals surface area contributed by atoms with Gasteiger partial charge in [-0.1, -0.05) is 19.1 Å². The van der Waals surface area contributed by atoms with Crippen LogP contribution in [0.2, 0.25) is 0 Å². The fourth-order valence-corrected chi connectivity index (χ4v) is 1.74. The van der Waals surface area contributed by atoms with Gasteiger partial charge in [0.05, 0.1) is 11.3 Å². The van der Waals surface area contributed by atoms with E-state index >= 15 is 0 Å². The molecule has 1 unspecified atom stereocenters. The first kappa shape index (κ1) is 16.7. The van der Waals surface area contributed by atoms with Gasteiger partial charge in [-0.05, 0) is 25.5 Å². The summed E-state index contributed by atoms with van der Waals surface area (Å²) in [6, 6.07) is 6.57. The highest BCUT2D eigenvalue weighted by Gasteiger charge is 2.33. The molecule has 0 radical (unpaired) electrons. The third kappa shape index (κ3) is 3.59. The van der Waals surface area contributed by atoms with Crippen molar-refractivity contribution in [2.45, 2.75) is 32.7 Å². The number of nitrogens with zero attached hydrogens (tertiary/aromatic N) is 1. The minimum absolute atomic E-state index is 0.216. The molecule has 0 spiro atoms. The Hall–Kier alpha value is -2.37. The number of anilines is 1. The first-order valence-electron chi connectivity index (χ1n) is 6.62. The number of para-hydroxylation sites is 1. The number of carbonyl (C=O) groups excluding carboxylic acids is 2. The Balaban J connectivity index is 3.14. The highest BCUT2D eigenvalue weighted by molar-refractivity contribution is 6.05. The maximum atomic E-state index is 12.4. The lowest BCUT2D eigenvalue weighted by Gasteiger charge is -2.26. The highest BCUT2D eigenvalue weighted by atomic mass is 16.4. The number of rotatable bonds is 5. The van der Waals surface area contributed by atoms with Gasteiger partial charge in [0.1, 0.15) is 5.54 Å². The molecule has 0 aliphatic heterocycles. The Kier molecular flexibility index (Phi) is 5.07. The second kappa shape index (κ2) is 6.39. The molecule has 0 heterocycles. The van der Waals surface area contributed by atoms with Crippen LogP contribution in [0.5, 0.6) is 0 Å². The number of aliphatic carboxylic acids is 1. The number of carbonyl (C=O) groups is 3. The van der Waals surface area contributed by atoms with E-state index < -0.39 is 17.4 Å². The van der Waals surface area contributed by atoms with Crippen molar-refractivity contribution >= 4 is 23.5 Å². The number of hydrogen-bond acceptors (Lipinski definition) is 3. The minimum atomic E-state index is -1.35. The van der Waals surface area contributed by atoms with Crippen LogP contribution in [0.25, 0.3) is 0 Å². The van der Waals surface area contributed by atoms with Gasteiger partial charge in [-0.25, -0.2) is 4.79 Å². The maximum Gasteiger partial charge on any atom is 0.329 e. The third-order valence-electron chi connectivity index (χ3n) is 3.55. The van der Waals surface area contributed by atoms with Crippen LogP contribution in [0.4, 0.5) is 5.69 Å². The van der Waals surface area contributed by atoms with E-state index in [2.05, 4.69) is 5.32 Å². The van der Waals surface area contributed by atoms with Crippen molar-refractivity contribution < 1.29 is 19.5 Å². The fraction of sp³-hybridized carbons (Fsp3) is 0.400. The first-order valence-corrected chi connectivity index (χ1v) is 6.62. The summed E-state index contributed by atoms with van der Waals surface area (Å²) in [5, 5.41) is 11.7. The molecule has 0 aromatic heterocycles. The van der Waals surface area contributed by atoms with Crippen molar-refractivity contribution in [3.05, 3.63) is 29.8 Å². The molecule has 21 heavy (non-hydrogen) atoms. The number of amides is 2. The first-order chi connectivity index (χ1) is 9.73. The summed E-state index contributed by atoms with van der Waals surface area (Å²) in [5.74, 6) is -1.84. The van der Waals surface area contributed by atoms with Gasteiger partial charge in [-0.2, -0.15) is 0 Å². The van der Waals surface area contributed by atoms with Crippen molar-refractivity contribution in [3.63, 3.8) is 0 Å². The predicted molar refractivity (Wildman–Crippen MR) is 79.3 cm³/mol. The van der Waals surface area contributed by atoms with Crippen molar-refractivity contribution in [2.24, 2.45) is 0 Å². The van der Waals surface area contributed by atoms with Crippen molar-refractivity contribution in [1.29, 1.82) is 0 Å². The summed E-state index contributed by atoms with van der Waals surface area (Å²) in [4.78, 5) is 36.4. The summed E-state index contributed by atoms with van der Waals surface area (Å²) in [6.07, 6.45) is 0.249. The molecule has 114 valence electrons. The minimum Gasteiger partial charge on any atom is -0.480 e. The number of benzene rings is 1. The molecule has 0 bridgehead atoms. The van der Waals surface area contributed by atoms with Crippen LogP contribution in [-0.4, -0.2) is 35.5 Å². The number of carboxylic acid groups (broad SMARTS) is 1. The molecule has 0 saturated carbocycles. The molecule has 1 aromatic carbocycles. The van der Waals surface area contributed by atoms with Gasteiger partial charge in [0.2, 0.25) is 5.91 Å². The van der Waals surface area contributed by atoms with Crippen LogP contribution >= 0.6 is 0 Å². The predicted octanol–water partition coefficient (Wildman–Crippen LogP) is 1.65. The number of nitrogens with one attached hydrogen (secondary N) is 1. The SMILES string of the molecule is CCC(C)(NC(=O)c1ccccc1N(C)C(C)=O)C(=O)O. The van der Waals surface area contributed by atoms with Gasteiger partial charge in [-0.3, -0.25) is 9.59 Å². The molecule has 2 N–H and O–H groups in total. The zero-order chi connectivity index (χ0) is 16.2. The van der Waals surface area contributed by atoms with E-state index in [1.54, 1.807) is 38.2 Å².